The highest BCUT2D eigenvalue weighted by molar-refractivity contribution is 5.90. The molecule has 0 saturated carbocycles. The van der Waals surface area contributed by atoms with Crippen molar-refractivity contribution in [1.82, 2.24) is 9.88 Å². The lowest BCUT2D eigenvalue weighted by Gasteiger charge is -2.30. The first-order chi connectivity index (χ1) is 20.2. The van der Waals surface area contributed by atoms with Crippen molar-refractivity contribution in [2.24, 2.45) is 0 Å². The van der Waals surface area contributed by atoms with Gasteiger partial charge in [0.1, 0.15) is 5.82 Å². The average molecular weight is 569 g/mol. The van der Waals surface area contributed by atoms with E-state index in [1.807, 2.05) is 39.0 Å². The Labute approximate surface area is 244 Å². The van der Waals surface area contributed by atoms with Crippen LogP contribution in [-0.2, 0) is 37.1 Å². The molecule has 0 unspecified atom stereocenters. The Morgan fingerprint density at radius 2 is 1.71 bits per heavy atom. The van der Waals surface area contributed by atoms with Gasteiger partial charge in [-0.3, -0.25) is 14.7 Å². The van der Waals surface area contributed by atoms with Gasteiger partial charge in [0.2, 0.25) is 0 Å². The summed E-state index contributed by atoms with van der Waals surface area (Å²) in [6, 6.07) is 14.9. The first-order valence-electron chi connectivity index (χ1n) is 14.5. The van der Waals surface area contributed by atoms with Gasteiger partial charge in [-0.2, -0.15) is 0 Å². The van der Waals surface area contributed by atoms with Crippen LogP contribution in [0.25, 0.3) is 22.3 Å². The zero-order chi connectivity index (χ0) is 29.5. The zero-order valence-corrected chi connectivity index (χ0v) is 24.2. The van der Waals surface area contributed by atoms with E-state index in [-0.39, 0.29) is 18.0 Å². The summed E-state index contributed by atoms with van der Waals surface area (Å²) in [5.74, 6) is -1.28. The summed E-state index contributed by atoms with van der Waals surface area (Å²) in [5.41, 5.74) is 9.93. The zero-order valence-electron chi connectivity index (χ0n) is 24.2. The normalized spacial score (nSPS) is 14.7. The van der Waals surface area contributed by atoms with Gasteiger partial charge >= 0.3 is 5.97 Å². The van der Waals surface area contributed by atoms with Crippen molar-refractivity contribution in [2.45, 2.75) is 59.5 Å². The number of aryl methyl sites for hydroxylation is 4. The second kappa shape index (κ2) is 11.3. The number of carbonyl (C=O) groups is 1. The van der Waals surface area contributed by atoms with Gasteiger partial charge < -0.3 is 9.84 Å². The molecule has 2 aliphatic heterocycles. The summed E-state index contributed by atoms with van der Waals surface area (Å²) in [5, 5.41) is 9.81. The first-order valence-corrected chi connectivity index (χ1v) is 14.5. The molecule has 0 bridgehead atoms. The Hall–Kier alpha value is -4.10. The highest BCUT2D eigenvalue weighted by Crippen LogP contribution is 2.42. The molecule has 0 atom stereocenters. The molecule has 0 saturated heterocycles. The van der Waals surface area contributed by atoms with Gasteiger partial charge in [0.05, 0.1) is 13.0 Å². The van der Waals surface area contributed by atoms with Crippen molar-refractivity contribution in [1.29, 1.82) is 0 Å². The van der Waals surface area contributed by atoms with E-state index in [1.54, 1.807) is 6.07 Å². The molecule has 4 aromatic rings. The number of aromatic nitrogens is 1. The van der Waals surface area contributed by atoms with Crippen molar-refractivity contribution in [3.8, 4) is 28.0 Å². The molecule has 2 aliphatic rings. The number of nitrogens with zero attached hydrogens (tertiary/aromatic N) is 2. The van der Waals surface area contributed by atoms with E-state index in [0.717, 1.165) is 52.9 Å². The van der Waals surface area contributed by atoms with Gasteiger partial charge in [-0.1, -0.05) is 30.3 Å². The quantitative estimate of drug-likeness (QED) is 0.268. The Kier molecular flexibility index (Phi) is 7.54. The number of hydrogen-bond donors (Lipinski definition) is 1. The molecule has 7 heteroatoms. The van der Waals surface area contributed by atoms with Crippen LogP contribution in [0, 0.1) is 32.4 Å². The van der Waals surface area contributed by atoms with E-state index in [9.17, 15) is 14.3 Å². The predicted octanol–water partition coefficient (Wildman–Crippen LogP) is 7.13. The molecule has 0 aliphatic carbocycles. The van der Waals surface area contributed by atoms with Crippen LogP contribution in [0.2, 0.25) is 0 Å². The molecular weight excluding hydrogens is 534 g/mol. The monoisotopic (exact) mass is 568 g/mol. The number of ether oxygens (including phenoxy) is 1. The first kappa shape index (κ1) is 28.0. The minimum absolute atomic E-state index is 0.173. The van der Waals surface area contributed by atoms with Crippen LogP contribution in [0.1, 0.15) is 51.2 Å². The van der Waals surface area contributed by atoms with Crippen molar-refractivity contribution >= 4 is 5.97 Å². The molecule has 5 nitrogen and oxygen atoms in total. The molecule has 0 radical (unpaired) electrons. The van der Waals surface area contributed by atoms with E-state index in [2.05, 4.69) is 17.0 Å². The lowest BCUT2D eigenvalue weighted by Crippen LogP contribution is -2.30. The molecule has 0 amide bonds. The van der Waals surface area contributed by atoms with E-state index < -0.39 is 11.8 Å². The van der Waals surface area contributed by atoms with Gasteiger partial charge in [0, 0.05) is 42.1 Å². The number of fused-ring (bicyclic) bond motifs is 2. The number of pyridine rings is 1. The summed E-state index contributed by atoms with van der Waals surface area (Å²) >= 11 is 0. The maximum absolute atomic E-state index is 15.3. The van der Waals surface area contributed by atoms with Crippen molar-refractivity contribution in [3.05, 3.63) is 105 Å². The van der Waals surface area contributed by atoms with Gasteiger partial charge in [0.15, 0.2) is 11.6 Å². The largest absolute Gasteiger partial charge is 0.490 e. The van der Waals surface area contributed by atoms with Crippen LogP contribution in [0.5, 0.6) is 5.75 Å². The topological polar surface area (TPSA) is 62.7 Å². The maximum atomic E-state index is 15.3. The number of benzene rings is 3. The summed E-state index contributed by atoms with van der Waals surface area (Å²) < 4.78 is 35.5. The number of rotatable bonds is 6. The van der Waals surface area contributed by atoms with Crippen LogP contribution in [0.4, 0.5) is 8.78 Å². The number of hydrogen-bond acceptors (Lipinski definition) is 4. The number of carboxylic acids is 1. The summed E-state index contributed by atoms with van der Waals surface area (Å²) in [6.45, 7) is 8.22. The van der Waals surface area contributed by atoms with E-state index in [0.29, 0.717) is 48.5 Å². The van der Waals surface area contributed by atoms with E-state index in [1.165, 1.54) is 23.3 Å². The summed E-state index contributed by atoms with van der Waals surface area (Å²) in [6.07, 6.45) is 2.09. The molecular formula is C35H34F2N2O3. The Morgan fingerprint density at radius 3 is 2.50 bits per heavy atom. The molecule has 1 N–H and O–H groups in total. The highest BCUT2D eigenvalue weighted by atomic mass is 19.1. The van der Waals surface area contributed by atoms with Crippen LogP contribution >= 0.6 is 0 Å². The minimum atomic E-state index is -0.964. The van der Waals surface area contributed by atoms with Crippen molar-refractivity contribution < 1.29 is 23.4 Å². The van der Waals surface area contributed by atoms with Gasteiger partial charge in [-0.05, 0) is 103 Å². The summed E-state index contributed by atoms with van der Waals surface area (Å²) in [7, 11) is 0. The summed E-state index contributed by atoms with van der Waals surface area (Å²) in [4.78, 5) is 19.0. The molecule has 6 rings (SSSR count). The van der Waals surface area contributed by atoms with Crippen LogP contribution in [0.3, 0.4) is 0 Å². The molecule has 3 aromatic carbocycles. The van der Waals surface area contributed by atoms with Crippen molar-refractivity contribution in [3.63, 3.8) is 0 Å². The molecule has 0 spiro atoms. The fourth-order valence-corrected chi connectivity index (χ4v) is 6.50. The van der Waals surface area contributed by atoms with E-state index >= 15 is 4.39 Å². The second-order valence-electron chi connectivity index (χ2n) is 11.5. The second-order valence-corrected chi connectivity index (χ2v) is 11.5. The lowest BCUT2D eigenvalue weighted by atomic mass is 9.85. The molecule has 3 heterocycles. The fraction of sp³-hybridized carbons (Fsp3) is 0.314. The third-order valence-corrected chi connectivity index (χ3v) is 8.58. The lowest BCUT2D eigenvalue weighted by molar-refractivity contribution is -0.136. The standard InChI is InChI=1S/C35H34F2N2O3/c1-20-6-4-8-30(36)29(20)19-39-12-11-23-14-24(9-10-26(23)18-39)33-22(3)38-21(2)28(17-32(40)41)34(33)27-15-25-7-5-13-42-35(25)31(37)16-27/h4,6,8-10,14-16H,5,7,11-13,17-19H2,1-3H3,(H,40,41). The fourth-order valence-electron chi connectivity index (χ4n) is 6.50. The smallest absolute Gasteiger partial charge is 0.307 e. The third kappa shape index (κ3) is 5.29. The van der Waals surface area contributed by atoms with Gasteiger partial charge in [-0.25, -0.2) is 8.78 Å². The Bertz CT molecular complexity index is 1700. The molecule has 0 fully saturated rings. The highest BCUT2D eigenvalue weighted by Gasteiger charge is 2.25. The van der Waals surface area contributed by atoms with Crippen LogP contribution < -0.4 is 4.74 Å². The molecule has 42 heavy (non-hydrogen) atoms. The number of aliphatic carboxylic acids is 1. The third-order valence-electron chi connectivity index (χ3n) is 8.58. The average Bonchev–Trinajstić information content (AvgIpc) is 2.96. The number of carboxylic acid groups (broad SMARTS) is 1. The van der Waals surface area contributed by atoms with Crippen LogP contribution in [-0.4, -0.2) is 34.1 Å². The maximum Gasteiger partial charge on any atom is 0.307 e. The predicted molar refractivity (Wildman–Crippen MR) is 159 cm³/mol. The van der Waals surface area contributed by atoms with Gasteiger partial charge in [-0.15, -0.1) is 0 Å². The van der Waals surface area contributed by atoms with Crippen LogP contribution in [0.15, 0.2) is 48.5 Å². The number of halogens is 2. The van der Waals surface area contributed by atoms with Gasteiger partial charge in [0.25, 0.3) is 0 Å². The Balaban J connectivity index is 1.42. The van der Waals surface area contributed by atoms with Crippen molar-refractivity contribution in [2.75, 3.05) is 13.2 Å². The van der Waals surface area contributed by atoms with E-state index in [4.69, 9.17) is 9.72 Å². The molecule has 1 aromatic heterocycles. The Morgan fingerprint density at radius 1 is 0.905 bits per heavy atom. The SMILES string of the molecule is Cc1cccc(F)c1CN1CCc2cc(-c3c(C)nc(C)c(CC(=O)O)c3-c3cc(F)c4c(c3)CCCO4)ccc2C1. The molecule has 216 valence electrons. The minimum Gasteiger partial charge on any atom is -0.490 e.